The Morgan fingerprint density at radius 2 is 2.00 bits per heavy atom. The van der Waals surface area contributed by atoms with Crippen LogP contribution in [0.15, 0.2) is 42.6 Å². The summed E-state index contributed by atoms with van der Waals surface area (Å²) in [4.78, 5) is 19.8. The first-order valence-electron chi connectivity index (χ1n) is 6.42. The molecule has 2 heterocycles. The van der Waals surface area contributed by atoms with Crippen molar-refractivity contribution in [2.24, 2.45) is 5.73 Å². The molecule has 1 atom stereocenters. The third-order valence-electron chi connectivity index (χ3n) is 3.27. The number of nitrogens with zero attached hydrogens (tertiary/aromatic N) is 2. The Hall–Kier alpha value is -2.19. The lowest BCUT2D eigenvalue weighted by Crippen LogP contribution is -2.37. The van der Waals surface area contributed by atoms with Crippen LogP contribution in [0.3, 0.4) is 0 Å². The van der Waals surface area contributed by atoms with Gasteiger partial charge in [-0.2, -0.15) is 0 Å². The van der Waals surface area contributed by atoms with Crippen molar-refractivity contribution >= 4 is 34.6 Å². The number of nitro groups is 1. The van der Waals surface area contributed by atoms with Gasteiger partial charge in [0, 0.05) is 33.9 Å². The van der Waals surface area contributed by atoms with Crippen LogP contribution in [-0.4, -0.2) is 9.91 Å². The molecule has 23 heavy (non-hydrogen) atoms. The quantitative estimate of drug-likeness (QED) is 0.650. The average molecular weight is 353 g/mol. The minimum Gasteiger partial charge on any atom is -0.294 e. The summed E-state index contributed by atoms with van der Waals surface area (Å²) in [5.41, 5.74) is 8.40. The monoisotopic (exact) mass is 352 g/mol. The normalized spacial score (nSPS) is 20.0. The highest BCUT2D eigenvalue weighted by atomic mass is 35.5. The van der Waals surface area contributed by atoms with Gasteiger partial charge in [-0.25, -0.2) is 4.84 Å². The molecule has 3 N–H and O–H groups in total. The topological polar surface area (TPSA) is 103 Å². The van der Waals surface area contributed by atoms with E-state index in [0.29, 0.717) is 27.0 Å². The smallest absolute Gasteiger partial charge is 0.273 e. The molecule has 118 valence electrons. The first-order valence-corrected chi connectivity index (χ1v) is 7.17. The van der Waals surface area contributed by atoms with Crippen molar-refractivity contribution in [1.29, 1.82) is 0 Å². The predicted octanol–water partition coefficient (Wildman–Crippen LogP) is 2.98. The zero-order chi connectivity index (χ0) is 16.6. The fraction of sp³-hybridized carbons (Fsp3) is 0.0714. The maximum absolute atomic E-state index is 10.9. The molecule has 0 saturated heterocycles. The fourth-order valence-corrected chi connectivity index (χ4v) is 2.91. The molecule has 7 nitrogen and oxygen atoms in total. The Labute approximate surface area is 140 Å². The molecular weight excluding hydrogens is 343 g/mol. The maximum Gasteiger partial charge on any atom is 0.273 e. The predicted molar refractivity (Wildman–Crippen MR) is 85.4 cm³/mol. The largest absolute Gasteiger partial charge is 0.294 e. The second-order valence-electron chi connectivity index (χ2n) is 4.81. The number of nitrogens with one attached hydrogen (secondary N) is 1. The lowest BCUT2D eigenvalue weighted by atomic mass is 10.0. The SMILES string of the molecule is NC1(c2c(Cl)cccc2Cl)C=C(c2cc([N+](=O)[O-])ccn2)NO1. The standard InChI is InChI=1S/C14H10Cl2N4O3/c15-9-2-1-3-10(16)13(9)14(17)7-12(19-23-14)11-6-8(20(21)22)4-5-18-11/h1-7,19H,17H2. The second kappa shape index (κ2) is 5.78. The van der Waals surface area contributed by atoms with E-state index in [9.17, 15) is 10.1 Å². The Kier molecular flexibility index (Phi) is 3.95. The molecule has 0 spiro atoms. The Balaban J connectivity index is 2.03. The van der Waals surface area contributed by atoms with E-state index in [1.54, 1.807) is 18.2 Å². The molecule has 0 amide bonds. The van der Waals surface area contributed by atoms with Crippen molar-refractivity contribution < 1.29 is 9.76 Å². The number of aromatic nitrogens is 1. The maximum atomic E-state index is 10.9. The van der Waals surface area contributed by atoms with Crippen LogP contribution >= 0.6 is 23.2 Å². The molecule has 1 aliphatic rings. The highest BCUT2D eigenvalue weighted by Crippen LogP contribution is 2.38. The number of benzene rings is 1. The van der Waals surface area contributed by atoms with Crippen molar-refractivity contribution in [2.75, 3.05) is 0 Å². The first kappa shape index (κ1) is 15.7. The Morgan fingerprint density at radius 3 is 2.65 bits per heavy atom. The van der Waals surface area contributed by atoms with Crippen LogP contribution in [0.4, 0.5) is 5.69 Å². The summed E-state index contributed by atoms with van der Waals surface area (Å²) >= 11 is 12.3. The zero-order valence-electron chi connectivity index (χ0n) is 11.5. The molecule has 1 aromatic heterocycles. The van der Waals surface area contributed by atoms with Gasteiger partial charge in [-0.15, -0.1) is 0 Å². The molecule has 2 aromatic rings. The van der Waals surface area contributed by atoms with Gasteiger partial charge in [0.1, 0.15) is 0 Å². The van der Waals surface area contributed by atoms with Gasteiger partial charge >= 0.3 is 0 Å². The average Bonchev–Trinajstić information content (AvgIpc) is 2.90. The van der Waals surface area contributed by atoms with Gasteiger partial charge in [0.05, 0.1) is 16.3 Å². The third-order valence-corrected chi connectivity index (χ3v) is 3.90. The number of hydrogen-bond donors (Lipinski definition) is 2. The van der Waals surface area contributed by atoms with Crippen LogP contribution in [0.5, 0.6) is 0 Å². The summed E-state index contributed by atoms with van der Waals surface area (Å²) < 4.78 is 0. The highest BCUT2D eigenvalue weighted by Gasteiger charge is 2.37. The molecule has 0 fully saturated rings. The molecule has 0 saturated carbocycles. The van der Waals surface area contributed by atoms with Crippen molar-refractivity contribution in [1.82, 2.24) is 10.5 Å². The third kappa shape index (κ3) is 2.87. The van der Waals surface area contributed by atoms with Crippen molar-refractivity contribution in [2.45, 2.75) is 5.72 Å². The Bertz CT molecular complexity index is 807. The molecule has 9 heteroatoms. The van der Waals surface area contributed by atoms with Gasteiger partial charge in [0.15, 0.2) is 5.72 Å². The van der Waals surface area contributed by atoms with E-state index in [4.69, 9.17) is 33.8 Å². The van der Waals surface area contributed by atoms with E-state index >= 15 is 0 Å². The fourth-order valence-electron chi connectivity index (χ4n) is 2.21. The minimum atomic E-state index is -1.42. The number of rotatable bonds is 3. The summed E-state index contributed by atoms with van der Waals surface area (Å²) in [5.74, 6) is 0. The summed E-state index contributed by atoms with van der Waals surface area (Å²) in [6, 6.07) is 7.56. The summed E-state index contributed by atoms with van der Waals surface area (Å²) in [5, 5.41) is 11.5. The molecule has 1 aliphatic heterocycles. The van der Waals surface area contributed by atoms with E-state index in [1.807, 2.05) is 0 Å². The Morgan fingerprint density at radius 1 is 1.30 bits per heavy atom. The molecule has 3 rings (SSSR count). The summed E-state index contributed by atoms with van der Waals surface area (Å²) in [6.45, 7) is 0. The number of nitrogens with two attached hydrogens (primary N) is 1. The molecule has 0 aliphatic carbocycles. The van der Waals surface area contributed by atoms with Crippen LogP contribution in [0.1, 0.15) is 11.3 Å². The van der Waals surface area contributed by atoms with Gasteiger partial charge in [-0.05, 0) is 18.2 Å². The molecular formula is C14H10Cl2N4O3. The van der Waals surface area contributed by atoms with Crippen molar-refractivity contribution in [3.8, 4) is 0 Å². The minimum absolute atomic E-state index is 0.0944. The van der Waals surface area contributed by atoms with Gasteiger partial charge < -0.3 is 0 Å². The van der Waals surface area contributed by atoms with Crippen molar-refractivity contribution in [3.05, 3.63) is 74.0 Å². The van der Waals surface area contributed by atoms with Crippen LogP contribution in [0, 0.1) is 10.1 Å². The second-order valence-corrected chi connectivity index (χ2v) is 5.62. The molecule has 1 aromatic carbocycles. The van der Waals surface area contributed by atoms with E-state index in [1.165, 1.54) is 24.4 Å². The van der Waals surface area contributed by atoms with E-state index in [-0.39, 0.29) is 5.69 Å². The molecule has 0 radical (unpaired) electrons. The molecule has 0 bridgehead atoms. The number of pyridine rings is 1. The van der Waals surface area contributed by atoms with Crippen LogP contribution in [0.25, 0.3) is 5.70 Å². The lowest BCUT2D eigenvalue weighted by Gasteiger charge is -2.22. The van der Waals surface area contributed by atoms with Gasteiger partial charge in [0.25, 0.3) is 5.69 Å². The zero-order valence-corrected chi connectivity index (χ0v) is 13.0. The first-order chi connectivity index (χ1) is 10.9. The van der Waals surface area contributed by atoms with Crippen molar-refractivity contribution in [3.63, 3.8) is 0 Å². The molecule has 1 unspecified atom stereocenters. The van der Waals surface area contributed by atoms with Crippen LogP contribution in [-0.2, 0) is 10.6 Å². The van der Waals surface area contributed by atoms with E-state index in [0.717, 1.165) is 0 Å². The van der Waals surface area contributed by atoms with Gasteiger partial charge in [0.2, 0.25) is 0 Å². The summed E-state index contributed by atoms with van der Waals surface area (Å²) in [7, 11) is 0. The van der Waals surface area contributed by atoms with Crippen LogP contribution in [0.2, 0.25) is 10.0 Å². The lowest BCUT2D eigenvalue weighted by molar-refractivity contribution is -0.385. The highest BCUT2D eigenvalue weighted by molar-refractivity contribution is 6.36. The van der Waals surface area contributed by atoms with Crippen LogP contribution < -0.4 is 11.2 Å². The van der Waals surface area contributed by atoms with Gasteiger partial charge in [-0.3, -0.25) is 26.3 Å². The number of hydroxylamine groups is 1. The van der Waals surface area contributed by atoms with E-state index in [2.05, 4.69) is 10.5 Å². The van der Waals surface area contributed by atoms with Gasteiger partial charge in [-0.1, -0.05) is 29.3 Å². The number of halogens is 2. The number of hydrogen-bond acceptors (Lipinski definition) is 6. The summed E-state index contributed by atoms with van der Waals surface area (Å²) in [6.07, 6.45) is 2.85. The van der Waals surface area contributed by atoms with E-state index < -0.39 is 10.6 Å².